The lowest BCUT2D eigenvalue weighted by molar-refractivity contribution is 0.0667. The third-order valence-electron chi connectivity index (χ3n) is 5.14. The number of nitrogens with two attached hydrogens (primary N) is 1. The zero-order valence-electron chi connectivity index (χ0n) is 16.3. The number of rotatable bonds is 5. The van der Waals surface area contributed by atoms with Gasteiger partial charge >= 0.3 is 0 Å². The number of ether oxygens (including phenoxy) is 1. The molecule has 1 atom stereocenters. The number of nitrogen functional groups attached to an aromatic ring is 1. The summed E-state index contributed by atoms with van der Waals surface area (Å²) in [6.45, 7) is 0.512. The number of methoxy groups -OCH3 is 1. The Kier molecular flexibility index (Phi) is 4.79. The third kappa shape index (κ3) is 3.35. The molecule has 0 saturated carbocycles. The van der Waals surface area contributed by atoms with Crippen molar-refractivity contribution in [3.63, 3.8) is 0 Å². The van der Waals surface area contributed by atoms with Gasteiger partial charge in [-0.3, -0.25) is 14.3 Å². The number of carbonyl (C=O) groups excluding carboxylic acids is 2. The fraction of sp³-hybridized carbons (Fsp3) is 0.300. The van der Waals surface area contributed by atoms with Gasteiger partial charge in [0.25, 0.3) is 5.91 Å². The fourth-order valence-electron chi connectivity index (χ4n) is 3.62. The first-order valence-electron chi connectivity index (χ1n) is 9.32. The van der Waals surface area contributed by atoms with Gasteiger partial charge in [0.05, 0.1) is 30.6 Å². The molecule has 4 rings (SSSR count). The minimum absolute atomic E-state index is 0.205. The van der Waals surface area contributed by atoms with Gasteiger partial charge in [-0.15, -0.1) is 0 Å². The standard InChI is InChI=1S/C20H22N6O3/c1-24-11-9-16(23-24)20(28)25-10-3-4-17(25)18(27)15-12-22-26(19(15)21)13-5-7-14(29-2)8-6-13/h5-9,11-12,17H,3-4,10,21H2,1-2H3. The van der Waals surface area contributed by atoms with Crippen LogP contribution in [-0.4, -0.2) is 55.8 Å². The quantitative estimate of drug-likeness (QED) is 0.660. The van der Waals surface area contributed by atoms with Gasteiger partial charge in [-0.25, -0.2) is 4.68 Å². The zero-order chi connectivity index (χ0) is 20.5. The fourth-order valence-corrected chi connectivity index (χ4v) is 3.62. The lowest BCUT2D eigenvalue weighted by Gasteiger charge is -2.22. The smallest absolute Gasteiger partial charge is 0.274 e. The summed E-state index contributed by atoms with van der Waals surface area (Å²) in [7, 11) is 3.34. The van der Waals surface area contributed by atoms with Crippen LogP contribution in [0.15, 0.2) is 42.7 Å². The van der Waals surface area contributed by atoms with Crippen molar-refractivity contribution in [3.8, 4) is 11.4 Å². The van der Waals surface area contributed by atoms with Gasteiger partial charge in [0.1, 0.15) is 17.3 Å². The highest BCUT2D eigenvalue weighted by Crippen LogP contribution is 2.27. The summed E-state index contributed by atoms with van der Waals surface area (Å²) in [5, 5.41) is 8.44. The molecule has 0 radical (unpaired) electrons. The number of anilines is 1. The van der Waals surface area contributed by atoms with Crippen molar-refractivity contribution in [3.05, 3.63) is 54.0 Å². The van der Waals surface area contributed by atoms with E-state index >= 15 is 0 Å². The molecular formula is C20H22N6O3. The number of aryl methyl sites for hydroxylation is 1. The second-order valence-corrected chi connectivity index (χ2v) is 6.95. The average Bonchev–Trinajstić information content (AvgIpc) is 3.47. The monoisotopic (exact) mass is 394 g/mol. The Balaban J connectivity index is 1.59. The van der Waals surface area contributed by atoms with Crippen molar-refractivity contribution >= 4 is 17.5 Å². The van der Waals surface area contributed by atoms with Crippen LogP contribution in [0.5, 0.6) is 5.75 Å². The molecule has 2 aromatic heterocycles. The van der Waals surface area contributed by atoms with Gasteiger partial charge in [-0.2, -0.15) is 10.2 Å². The second-order valence-electron chi connectivity index (χ2n) is 6.95. The van der Waals surface area contributed by atoms with Gasteiger partial charge < -0.3 is 15.4 Å². The summed E-state index contributed by atoms with van der Waals surface area (Å²) in [6, 6.07) is 8.29. The summed E-state index contributed by atoms with van der Waals surface area (Å²) in [5.41, 5.74) is 7.60. The third-order valence-corrected chi connectivity index (χ3v) is 5.14. The van der Waals surface area contributed by atoms with Crippen molar-refractivity contribution in [2.45, 2.75) is 18.9 Å². The summed E-state index contributed by atoms with van der Waals surface area (Å²) in [6.07, 6.45) is 4.51. The molecule has 3 aromatic rings. The lowest BCUT2D eigenvalue weighted by atomic mass is 10.0. The molecule has 0 bridgehead atoms. The maximum Gasteiger partial charge on any atom is 0.274 e. The Bertz CT molecular complexity index is 1050. The van der Waals surface area contributed by atoms with Crippen LogP contribution in [-0.2, 0) is 7.05 Å². The normalized spacial score (nSPS) is 16.2. The number of nitrogens with zero attached hydrogens (tertiary/aromatic N) is 5. The lowest BCUT2D eigenvalue weighted by Crippen LogP contribution is -2.41. The number of carbonyl (C=O) groups is 2. The molecule has 0 spiro atoms. The number of hydrogen-bond donors (Lipinski definition) is 1. The van der Waals surface area contributed by atoms with Gasteiger partial charge in [0.2, 0.25) is 0 Å². The summed E-state index contributed by atoms with van der Waals surface area (Å²) >= 11 is 0. The Morgan fingerprint density at radius 1 is 1.21 bits per heavy atom. The molecule has 9 nitrogen and oxygen atoms in total. The maximum absolute atomic E-state index is 13.2. The molecule has 1 unspecified atom stereocenters. The van der Waals surface area contributed by atoms with Crippen LogP contribution >= 0.6 is 0 Å². The molecule has 0 aliphatic carbocycles. The molecule has 150 valence electrons. The topological polar surface area (TPSA) is 108 Å². The summed E-state index contributed by atoms with van der Waals surface area (Å²) in [4.78, 5) is 27.6. The van der Waals surface area contributed by atoms with Crippen molar-refractivity contribution in [2.24, 2.45) is 7.05 Å². The Morgan fingerprint density at radius 3 is 2.62 bits per heavy atom. The van der Waals surface area contributed by atoms with Crippen LogP contribution in [0.4, 0.5) is 5.82 Å². The van der Waals surface area contributed by atoms with Crippen molar-refractivity contribution < 1.29 is 14.3 Å². The molecule has 1 fully saturated rings. The van der Waals surface area contributed by atoms with E-state index in [9.17, 15) is 9.59 Å². The molecule has 1 aliphatic heterocycles. The number of amides is 1. The number of likely N-dealkylation sites (tertiary alicyclic amines) is 1. The molecule has 1 amide bonds. The molecule has 29 heavy (non-hydrogen) atoms. The first-order chi connectivity index (χ1) is 14.0. The van der Waals surface area contributed by atoms with E-state index in [1.165, 1.54) is 10.9 Å². The minimum Gasteiger partial charge on any atom is -0.497 e. The van der Waals surface area contributed by atoms with Crippen LogP contribution in [0.3, 0.4) is 0 Å². The first kappa shape index (κ1) is 18.7. The molecule has 1 saturated heterocycles. The van der Waals surface area contributed by atoms with E-state index in [4.69, 9.17) is 10.5 Å². The van der Waals surface area contributed by atoms with Gasteiger partial charge in [0, 0.05) is 19.8 Å². The van der Waals surface area contributed by atoms with E-state index in [2.05, 4.69) is 10.2 Å². The number of benzene rings is 1. The molecule has 3 heterocycles. The number of ketones is 1. The SMILES string of the molecule is COc1ccc(-n2ncc(C(=O)C3CCCN3C(=O)c3ccn(C)n3)c2N)cc1. The molecule has 1 aliphatic rings. The maximum atomic E-state index is 13.2. The number of aromatic nitrogens is 4. The Morgan fingerprint density at radius 2 is 1.97 bits per heavy atom. The minimum atomic E-state index is -0.569. The summed E-state index contributed by atoms with van der Waals surface area (Å²) in [5.74, 6) is 0.509. The number of hydrogen-bond acceptors (Lipinski definition) is 6. The van der Waals surface area contributed by atoms with Gasteiger partial charge in [0.15, 0.2) is 5.78 Å². The van der Waals surface area contributed by atoms with Crippen LogP contribution in [0.2, 0.25) is 0 Å². The molecule has 9 heteroatoms. The van der Waals surface area contributed by atoms with E-state index in [1.54, 1.807) is 48.1 Å². The van der Waals surface area contributed by atoms with Gasteiger partial charge in [-0.1, -0.05) is 0 Å². The predicted molar refractivity (Wildman–Crippen MR) is 106 cm³/mol. The Labute approximate surface area is 167 Å². The zero-order valence-corrected chi connectivity index (χ0v) is 16.3. The average molecular weight is 394 g/mol. The molecule has 1 aromatic carbocycles. The predicted octanol–water partition coefficient (Wildman–Crippen LogP) is 1.68. The van der Waals surface area contributed by atoms with Crippen molar-refractivity contribution in [2.75, 3.05) is 19.4 Å². The van der Waals surface area contributed by atoms with E-state index in [-0.39, 0.29) is 17.5 Å². The second kappa shape index (κ2) is 7.42. The Hall–Kier alpha value is -3.62. The van der Waals surface area contributed by atoms with Crippen molar-refractivity contribution in [1.82, 2.24) is 24.5 Å². The van der Waals surface area contributed by atoms with Crippen molar-refractivity contribution in [1.29, 1.82) is 0 Å². The largest absolute Gasteiger partial charge is 0.497 e. The highest BCUT2D eigenvalue weighted by molar-refractivity contribution is 6.06. The number of Topliss-reactive ketones (excluding diaryl/α,β-unsaturated/α-hetero) is 1. The highest BCUT2D eigenvalue weighted by Gasteiger charge is 2.37. The first-order valence-corrected chi connectivity index (χ1v) is 9.32. The van der Waals surface area contributed by atoms with E-state index in [1.807, 2.05) is 12.1 Å². The van der Waals surface area contributed by atoms with E-state index in [0.717, 1.165) is 12.1 Å². The van der Waals surface area contributed by atoms with Gasteiger partial charge in [-0.05, 0) is 43.2 Å². The van der Waals surface area contributed by atoms with E-state index < -0.39 is 6.04 Å². The van der Waals surface area contributed by atoms with Crippen LogP contribution in [0.25, 0.3) is 5.69 Å². The highest BCUT2D eigenvalue weighted by atomic mass is 16.5. The van der Waals surface area contributed by atoms with E-state index in [0.29, 0.717) is 30.0 Å². The van der Waals surface area contributed by atoms with Crippen LogP contribution < -0.4 is 10.5 Å². The van der Waals surface area contributed by atoms with Crippen LogP contribution in [0, 0.1) is 0 Å². The molecular weight excluding hydrogens is 372 g/mol. The summed E-state index contributed by atoms with van der Waals surface area (Å²) < 4.78 is 8.23. The van der Waals surface area contributed by atoms with Crippen LogP contribution in [0.1, 0.15) is 33.7 Å². The molecule has 2 N–H and O–H groups in total.